The van der Waals surface area contributed by atoms with E-state index in [9.17, 15) is 4.79 Å². The predicted octanol–water partition coefficient (Wildman–Crippen LogP) is -0.0513. The molecule has 2 aromatic rings. The van der Waals surface area contributed by atoms with Crippen molar-refractivity contribution in [3.05, 3.63) is 21.7 Å². The molecular weight excluding hydrogens is 194 g/mol. The second-order valence-electron chi connectivity index (χ2n) is 2.32. The predicted molar refractivity (Wildman–Crippen MR) is 47.4 cm³/mol. The van der Waals surface area contributed by atoms with Gasteiger partial charge < -0.3 is 5.73 Å². The summed E-state index contributed by atoms with van der Waals surface area (Å²) in [5.41, 5.74) is 5.14. The van der Waals surface area contributed by atoms with Gasteiger partial charge in [-0.3, -0.25) is 9.78 Å². The third kappa shape index (κ3) is 1.31. The highest BCUT2D eigenvalue weighted by molar-refractivity contribution is 6.29. The third-order valence-corrected chi connectivity index (χ3v) is 1.59. The number of nitrogens with two attached hydrogens (primary N) is 1. The molecule has 0 fully saturated rings. The van der Waals surface area contributed by atoms with Crippen molar-refractivity contribution < 1.29 is 0 Å². The van der Waals surface area contributed by atoms with E-state index in [0.29, 0.717) is 0 Å². The lowest BCUT2D eigenvalue weighted by Gasteiger charge is -1.95. The third-order valence-electron chi connectivity index (χ3n) is 1.41. The molecule has 7 heteroatoms. The number of hydrogen-bond acceptors (Lipinski definition) is 5. The summed E-state index contributed by atoms with van der Waals surface area (Å²) >= 11 is 5.56. The lowest BCUT2D eigenvalue weighted by Crippen LogP contribution is -2.13. The number of fused-ring (bicyclic) bond motifs is 1. The van der Waals surface area contributed by atoms with Gasteiger partial charge in [-0.1, -0.05) is 11.6 Å². The standard InChI is InChI=1S/C6H4ClN5O/c7-2-1-9-3-4(10-2)11-6(8)12-5(3)13/h1H,(H3,8,10,11,12,13). The van der Waals surface area contributed by atoms with E-state index in [4.69, 9.17) is 17.3 Å². The Hall–Kier alpha value is -1.69. The molecule has 0 saturated carbocycles. The maximum atomic E-state index is 11.2. The van der Waals surface area contributed by atoms with Gasteiger partial charge in [0.15, 0.2) is 11.2 Å². The number of nitrogen functional groups attached to an aromatic ring is 1. The zero-order valence-corrected chi connectivity index (χ0v) is 7.04. The lowest BCUT2D eigenvalue weighted by molar-refractivity contribution is 1.12. The van der Waals surface area contributed by atoms with Crippen LogP contribution in [0.25, 0.3) is 11.2 Å². The summed E-state index contributed by atoms with van der Waals surface area (Å²) in [5.74, 6) is -0.00549. The lowest BCUT2D eigenvalue weighted by atomic mass is 10.5. The minimum atomic E-state index is -0.424. The van der Waals surface area contributed by atoms with E-state index in [1.54, 1.807) is 0 Å². The summed E-state index contributed by atoms with van der Waals surface area (Å²) < 4.78 is 0. The van der Waals surface area contributed by atoms with Crippen LogP contribution in [0, 0.1) is 0 Å². The topological polar surface area (TPSA) is 97.5 Å². The van der Waals surface area contributed by atoms with Crippen LogP contribution in [0.5, 0.6) is 0 Å². The van der Waals surface area contributed by atoms with Crippen LogP contribution in [-0.2, 0) is 0 Å². The molecule has 13 heavy (non-hydrogen) atoms. The monoisotopic (exact) mass is 197 g/mol. The maximum absolute atomic E-state index is 11.2. The Morgan fingerprint density at radius 2 is 2.23 bits per heavy atom. The smallest absolute Gasteiger partial charge is 0.280 e. The van der Waals surface area contributed by atoms with Gasteiger partial charge in [0.1, 0.15) is 5.15 Å². The van der Waals surface area contributed by atoms with E-state index in [1.807, 2.05) is 0 Å². The normalized spacial score (nSPS) is 10.5. The molecule has 0 bridgehead atoms. The Morgan fingerprint density at radius 3 is 3.00 bits per heavy atom. The molecule has 0 spiro atoms. The Labute approximate surface area is 76.8 Å². The van der Waals surface area contributed by atoms with Gasteiger partial charge in [0.05, 0.1) is 6.20 Å². The molecule has 66 valence electrons. The Balaban J connectivity index is 2.95. The molecular formula is C6H4ClN5O. The first-order valence-corrected chi connectivity index (χ1v) is 3.72. The fourth-order valence-corrected chi connectivity index (χ4v) is 1.04. The summed E-state index contributed by atoms with van der Waals surface area (Å²) in [6, 6.07) is 0. The highest BCUT2D eigenvalue weighted by Crippen LogP contribution is 2.06. The van der Waals surface area contributed by atoms with E-state index in [1.165, 1.54) is 6.20 Å². The summed E-state index contributed by atoms with van der Waals surface area (Å²) in [4.78, 5) is 24.8. The molecule has 0 saturated heterocycles. The fourth-order valence-electron chi connectivity index (χ4n) is 0.914. The quantitative estimate of drug-likeness (QED) is 0.617. The van der Waals surface area contributed by atoms with Gasteiger partial charge in [-0.25, -0.2) is 9.97 Å². The molecule has 0 aliphatic heterocycles. The van der Waals surface area contributed by atoms with Crippen LogP contribution in [-0.4, -0.2) is 19.9 Å². The summed E-state index contributed by atoms with van der Waals surface area (Å²) in [6.45, 7) is 0. The van der Waals surface area contributed by atoms with Gasteiger partial charge in [-0.15, -0.1) is 0 Å². The van der Waals surface area contributed by atoms with Crippen LogP contribution >= 0.6 is 11.6 Å². The number of rotatable bonds is 0. The zero-order valence-electron chi connectivity index (χ0n) is 6.28. The van der Waals surface area contributed by atoms with Crippen molar-refractivity contribution in [3.63, 3.8) is 0 Å². The number of nitrogens with zero attached hydrogens (tertiary/aromatic N) is 3. The van der Waals surface area contributed by atoms with Crippen molar-refractivity contribution in [1.82, 2.24) is 19.9 Å². The number of hydrogen-bond donors (Lipinski definition) is 2. The zero-order chi connectivity index (χ0) is 9.42. The molecule has 2 aromatic heterocycles. The first-order chi connectivity index (χ1) is 6.16. The molecule has 0 aliphatic carbocycles. The first kappa shape index (κ1) is 7.93. The van der Waals surface area contributed by atoms with Crippen molar-refractivity contribution in [2.24, 2.45) is 0 Å². The molecule has 2 rings (SSSR count). The number of anilines is 1. The van der Waals surface area contributed by atoms with E-state index in [-0.39, 0.29) is 22.3 Å². The van der Waals surface area contributed by atoms with Crippen molar-refractivity contribution >= 4 is 28.7 Å². The fraction of sp³-hybridized carbons (Fsp3) is 0. The van der Waals surface area contributed by atoms with Gasteiger partial charge >= 0.3 is 0 Å². The minimum Gasteiger partial charge on any atom is -0.369 e. The van der Waals surface area contributed by atoms with Crippen molar-refractivity contribution in [3.8, 4) is 0 Å². The Morgan fingerprint density at radius 1 is 1.46 bits per heavy atom. The second kappa shape index (κ2) is 2.67. The minimum absolute atomic E-state index is 0.00549. The molecule has 6 nitrogen and oxygen atoms in total. The number of halogens is 1. The van der Waals surface area contributed by atoms with Crippen LogP contribution < -0.4 is 11.3 Å². The first-order valence-electron chi connectivity index (χ1n) is 3.35. The van der Waals surface area contributed by atoms with Crippen LogP contribution in [0.15, 0.2) is 11.0 Å². The Kier molecular flexibility index (Phi) is 1.63. The van der Waals surface area contributed by atoms with E-state index >= 15 is 0 Å². The van der Waals surface area contributed by atoms with Crippen molar-refractivity contribution in [1.29, 1.82) is 0 Å². The van der Waals surface area contributed by atoms with E-state index in [2.05, 4.69) is 19.9 Å². The highest BCUT2D eigenvalue weighted by Gasteiger charge is 2.04. The van der Waals surface area contributed by atoms with Gasteiger partial charge in [-0.05, 0) is 0 Å². The number of nitrogens with one attached hydrogen (secondary N) is 1. The van der Waals surface area contributed by atoms with Gasteiger partial charge in [0.2, 0.25) is 5.95 Å². The molecule has 0 aliphatic rings. The van der Waals surface area contributed by atoms with E-state index < -0.39 is 5.56 Å². The average Bonchev–Trinajstić information content (AvgIpc) is 2.02. The molecule has 0 unspecified atom stereocenters. The largest absolute Gasteiger partial charge is 0.369 e. The van der Waals surface area contributed by atoms with E-state index in [0.717, 1.165) is 0 Å². The Bertz CT molecular complexity index is 517. The molecule has 0 radical (unpaired) electrons. The van der Waals surface area contributed by atoms with Crippen LogP contribution in [0.4, 0.5) is 5.95 Å². The van der Waals surface area contributed by atoms with Gasteiger partial charge in [-0.2, -0.15) is 4.98 Å². The van der Waals surface area contributed by atoms with Gasteiger partial charge in [0, 0.05) is 0 Å². The number of H-pyrrole nitrogens is 1. The van der Waals surface area contributed by atoms with Crippen LogP contribution in [0.1, 0.15) is 0 Å². The molecule has 3 N–H and O–H groups in total. The van der Waals surface area contributed by atoms with Gasteiger partial charge in [0.25, 0.3) is 5.56 Å². The molecule has 0 atom stereocenters. The molecule has 0 aromatic carbocycles. The average molecular weight is 198 g/mol. The molecule has 0 amide bonds. The SMILES string of the molecule is Nc1nc2nc(Cl)cnc2c(=O)[nH]1. The van der Waals surface area contributed by atoms with Crippen LogP contribution in [0.2, 0.25) is 5.15 Å². The summed E-state index contributed by atoms with van der Waals surface area (Å²) in [5, 5.41) is 0.171. The highest BCUT2D eigenvalue weighted by atomic mass is 35.5. The van der Waals surface area contributed by atoms with Crippen molar-refractivity contribution in [2.75, 3.05) is 5.73 Å². The summed E-state index contributed by atoms with van der Waals surface area (Å²) in [7, 11) is 0. The maximum Gasteiger partial charge on any atom is 0.280 e. The number of aromatic amines is 1. The second-order valence-corrected chi connectivity index (χ2v) is 2.70. The molecule has 2 heterocycles. The number of aromatic nitrogens is 4. The van der Waals surface area contributed by atoms with Crippen LogP contribution in [0.3, 0.4) is 0 Å². The summed E-state index contributed by atoms with van der Waals surface area (Å²) in [6.07, 6.45) is 1.27. The van der Waals surface area contributed by atoms with Crippen molar-refractivity contribution in [2.45, 2.75) is 0 Å².